The second-order valence-corrected chi connectivity index (χ2v) is 10.9. The maximum Gasteiger partial charge on any atom is 0.254 e. The van der Waals surface area contributed by atoms with Crippen molar-refractivity contribution in [2.45, 2.75) is 31.7 Å². The smallest absolute Gasteiger partial charge is 0.254 e. The molecule has 0 radical (unpaired) electrons. The van der Waals surface area contributed by atoms with Crippen LogP contribution < -0.4 is 9.03 Å². The van der Waals surface area contributed by atoms with E-state index in [4.69, 9.17) is 0 Å². The Morgan fingerprint density at radius 1 is 1.15 bits per heavy atom. The first-order valence-corrected chi connectivity index (χ1v) is 12.7. The first-order chi connectivity index (χ1) is 12.6. The summed E-state index contributed by atoms with van der Waals surface area (Å²) in [6.07, 6.45) is 5.44. The van der Waals surface area contributed by atoms with E-state index in [-0.39, 0.29) is 18.5 Å². The van der Waals surface area contributed by atoms with Gasteiger partial charge in [-0.2, -0.15) is 0 Å². The molecule has 0 unspecified atom stereocenters. The molecule has 2 aliphatic rings. The Bertz CT molecular complexity index is 943. The zero-order valence-electron chi connectivity index (χ0n) is 15.5. The average Bonchev–Trinajstić information content (AvgIpc) is 3.02. The molecule has 3 rings (SSSR count). The van der Waals surface area contributed by atoms with E-state index in [9.17, 15) is 21.6 Å². The highest BCUT2D eigenvalue weighted by Crippen LogP contribution is 2.31. The fraction of sp³-hybridized carbons (Fsp3) is 0.588. The van der Waals surface area contributed by atoms with Gasteiger partial charge < -0.3 is 4.90 Å². The summed E-state index contributed by atoms with van der Waals surface area (Å²) >= 11 is 0. The van der Waals surface area contributed by atoms with Crippen LogP contribution in [0.15, 0.2) is 18.2 Å². The third kappa shape index (κ3) is 4.61. The van der Waals surface area contributed by atoms with Crippen molar-refractivity contribution in [2.75, 3.05) is 36.5 Å². The van der Waals surface area contributed by atoms with E-state index in [1.54, 1.807) is 23.1 Å². The van der Waals surface area contributed by atoms with Crippen LogP contribution in [-0.4, -0.2) is 65.8 Å². The maximum atomic E-state index is 13.0. The fourth-order valence-electron chi connectivity index (χ4n) is 3.74. The van der Waals surface area contributed by atoms with Gasteiger partial charge in [0, 0.05) is 31.2 Å². The molecule has 2 aliphatic heterocycles. The highest BCUT2D eigenvalue weighted by molar-refractivity contribution is 7.92. The number of fused-ring (bicyclic) bond motifs is 1. The summed E-state index contributed by atoms with van der Waals surface area (Å²) in [5.74, 6) is -0.143. The lowest BCUT2D eigenvalue weighted by atomic mass is 10.00. The van der Waals surface area contributed by atoms with Gasteiger partial charge in [0.15, 0.2) is 0 Å². The quantitative estimate of drug-likeness (QED) is 0.756. The van der Waals surface area contributed by atoms with Crippen LogP contribution >= 0.6 is 0 Å². The Morgan fingerprint density at radius 3 is 2.56 bits per heavy atom. The lowest BCUT2D eigenvalue weighted by Gasteiger charge is -2.36. The number of anilines is 1. The molecule has 1 amide bonds. The zero-order valence-corrected chi connectivity index (χ0v) is 17.1. The van der Waals surface area contributed by atoms with Gasteiger partial charge in [-0.1, -0.05) is 0 Å². The number of carbonyl (C=O) groups is 1. The Labute approximate surface area is 160 Å². The number of benzene rings is 1. The van der Waals surface area contributed by atoms with Gasteiger partial charge in [-0.05, 0) is 49.4 Å². The average molecular weight is 416 g/mol. The Balaban J connectivity index is 1.80. The molecule has 8 nitrogen and oxygen atoms in total. The van der Waals surface area contributed by atoms with E-state index in [1.807, 2.05) is 0 Å². The second kappa shape index (κ2) is 7.40. The summed E-state index contributed by atoms with van der Waals surface area (Å²) in [5.41, 5.74) is 1.98. The van der Waals surface area contributed by atoms with Crippen molar-refractivity contribution in [1.82, 2.24) is 9.62 Å². The predicted octanol–water partition coefficient (Wildman–Crippen LogP) is 0.553. The van der Waals surface area contributed by atoms with Gasteiger partial charge >= 0.3 is 0 Å². The van der Waals surface area contributed by atoms with Gasteiger partial charge in [0.1, 0.15) is 0 Å². The van der Waals surface area contributed by atoms with Crippen LogP contribution in [0.2, 0.25) is 0 Å². The monoisotopic (exact) mass is 415 g/mol. The second-order valence-electron chi connectivity index (χ2n) is 7.20. The highest BCUT2D eigenvalue weighted by atomic mass is 32.2. The number of piperidine rings is 1. The van der Waals surface area contributed by atoms with Gasteiger partial charge in [-0.25, -0.2) is 21.6 Å². The standard InChI is InChI=1S/C17H25N3O5S2/c1-26(22,23)18-12-15-5-3-4-9-19(15)17(21)14-6-7-16-13(11-14)8-10-20(16)27(2,24)25/h6-7,11,15,18H,3-5,8-10,12H2,1-2H3/t15-/m1/s1. The SMILES string of the molecule is CS(=O)(=O)NC[C@H]1CCCCN1C(=O)c1ccc2c(c1)CCN2S(C)(=O)=O. The normalized spacial score (nSPS) is 20.6. The molecule has 1 aromatic rings. The largest absolute Gasteiger partial charge is 0.334 e. The molecule has 0 aliphatic carbocycles. The number of amides is 1. The van der Waals surface area contributed by atoms with E-state index < -0.39 is 20.0 Å². The molecular formula is C17H25N3O5S2. The molecule has 150 valence electrons. The van der Waals surface area contributed by atoms with Crippen molar-refractivity contribution in [1.29, 1.82) is 0 Å². The topological polar surface area (TPSA) is 104 Å². The molecule has 0 spiro atoms. The summed E-state index contributed by atoms with van der Waals surface area (Å²) in [6, 6.07) is 4.92. The van der Waals surface area contributed by atoms with Crippen molar-refractivity contribution in [2.24, 2.45) is 0 Å². The first-order valence-electron chi connectivity index (χ1n) is 8.92. The summed E-state index contributed by atoms with van der Waals surface area (Å²) in [4.78, 5) is 14.8. The van der Waals surface area contributed by atoms with Crippen LogP contribution in [0.25, 0.3) is 0 Å². The van der Waals surface area contributed by atoms with Gasteiger partial charge in [0.2, 0.25) is 20.0 Å². The van der Waals surface area contributed by atoms with Gasteiger partial charge in [-0.3, -0.25) is 9.10 Å². The molecule has 1 N–H and O–H groups in total. The van der Waals surface area contributed by atoms with Crippen molar-refractivity contribution in [3.63, 3.8) is 0 Å². The predicted molar refractivity (Wildman–Crippen MR) is 104 cm³/mol. The third-order valence-electron chi connectivity index (χ3n) is 5.05. The van der Waals surface area contributed by atoms with Crippen LogP contribution in [0, 0.1) is 0 Å². The lowest BCUT2D eigenvalue weighted by Crippen LogP contribution is -2.49. The molecule has 1 atom stereocenters. The Kier molecular flexibility index (Phi) is 5.51. The minimum atomic E-state index is -3.33. The highest BCUT2D eigenvalue weighted by Gasteiger charge is 2.30. The molecule has 1 fully saturated rings. The molecular weight excluding hydrogens is 390 g/mol. The molecule has 1 aromatic carbocycles. The molecule has 0 bridgehead atoms. The summed E-state index contributed by atoms with van der Waals surface area (Å²) in [6.45, 7) is 1.18. The molecule has 2 heterocycles. The minimum absolute atomic E-state index is 0.143. The lowest BCUT2D eigenvalue weighted by molar-refractivity contribution is 0.0618. The van der Waals surface area contributed by atoms with Crippen molar-refractivity contribution in [3.8, 4) is 0 Å². The summed E-state index contributed by atoms with van der Waals surface area (Å²) < 4.78 is 50.3. The fourth-order valence-corrected chi connectivity index (χ4v) is 5.20. The van der Waals surface area contributed by atoms with Crippen molar-refractivity contribution < 1.29 is 21.6 Å². The molecule has 10 heteroatoms. The van der Waals surface area contributed by atoms with E-state index in [0.717, 1.165) is 31.1 Å². The maximum absolute atomic E-state index is 13.0. The Morgan fingerprint density at radius 2 is 1.89 bits per heavy atom. The molecule has 0 saturated carbocycles. The van der Waals surface area contributed by atoms with Gasteiger partial charge in [0.05, 0.1) is 18.2 Å². The third-order valence-corrected chi connectivity index (χ3v) is 6.92. The first kappa shape index (κ1) is 20.1. The number of carbonyl (C=O) groups excluding carboxylic acids is 1. The van der Waals surface area contributed by atoms with Crippen molar-refractivity contribution >= 4 is 31.6 Å². The van der Waals surface area contributed by atoms with Crippen molar-refractivity contribution in [3.05, 3.63) is 29.3 Å². The number of sulfonamides is 2. The number of likely N-dealkylation sites (tertiary alicyclic amines) is 1. The van der Waals surface area contributed by atoms with Crippen LogP contribution in [0.1, 0.15) is 35.2 Å². The van der Waals surface area contributed by atoms with Crippen LogP contribution in [-0.2, 0) is 26.5 Å². The van der Waals surface area contributed by atoms with Crippen LogP contribution in [0.4, 0.5) is 5.69 Å². The summed E-state index contributed by atoms with van der Waals surface area (Å²) in [5, 5.41) is 0. The van der Waals surface area contributed by atoms with E-state index in [0.29, 0.717) is 30.8 Å². The van der Waals surface area contributed by atoms with Crippen LogP contribution in [0.3, 0.4) is 0 Å². The minimum Gasteiger partial charge on any atom is -0.334 e. The van der Waals surface area contributed by atoms with Gasteiger partial charge in [-0.15, -0.1) is 0 Å². The summed E-state index contributed by atoms with van der Waals surface area (Å²) in [7, 11) is -6.64. The van der Waals surface area contributed by atoms with E-state index in [2.05, 4.69) is 4.72 Å². The number of nitrogens with one attached hydrogen (secondary N) is 1. The zero-order chi connectivity index (χ0) is 19.8. The van der Waals surface area contributed by atoms with E-state index in [1.165, 1.54) is 10.6 Å². The van der Waals surface area contributed by atoms with Gasteiger partial charge in [0.25, 0.3) is 5.91 Å². The molecule has 27 heavy (non-hydrogen) atoms. The number of hydrogen-bond donors (Lipinski definition) is 1. The van der Waals surface area contributed by atoms with E-state index >= 15 is 0 Å². The molecule has 0 aromatic heterocycles. The Hall–Kier alpha value is -1.65. The number of hydrogen-bond acceptors (Lipinski definition) is 5. The number of nitrogens with zero attached hydrogens (tertiary/aromatic N) is 2. The number of rotatable bonds is 5. The van der Waals surface area contributed by atoms with Crippen LogP contribution in [0.5, 0.6) is 0 Å². The molecule has 1 saturated heterocycles.